The Morgan fingerprint density at radius 1 is 0.926 bits per heavy atom. The Morgan fingerprint density at radius 3 is 2.37 bits per heavy atom. The van der Waals surface area contributed by atoms with E-state index in [0.717, 1.165) is 29.4 Å². The Labute approximate surface area is 159 Å². The molecule has 0 aliphatic heterocycles. The molecule has 3 unspecified atom stereocenters. The average Bonchev–Trinajstić information content (AvgIpc) is 2.67. The van der Waals surface area contributed by atoms with Crippen molar-refractivity contribution in [3.05, 3.63) is 59.2 Å². The molecule has 2 aliphatic rings. The van der Waals surface area contributed by atoms with Crippen molar-refractivity contribution in [1.29, 1.82) is 0 Å². The second kappa shape index (κ2) is 7.33. The zero-order valence-corrected chi connectivity index (χ0v) is 15.9. The summed E-state index contributed by atoms with van der Waals surface area (Å²) >= 11 is 0. The molecule has 2 aromatic carbocycles. The van der Waals surface area contributed by atoms with Crippen LogP contribution >= 0.6 is 0 Å². The Hall–Kier alpha value is -1.77. The van der Waals surface area contributed by atoms with Gasteiger partial charge < -0.3 is 0 Å². The van der Waals surface area contributed by atoms with Crippen LogP contribution in [0.3, 0.4) is 0 Å². The number of hydrogen-bond acceptors (Lipinski definition) is 0. The van der Waals surface area contributed by atoms with Crippen LogP contribution in [0.2, 0.25) is 0 Å². The van der Waals surface area contributed by atoms with Crippen LogP contribution in [0.5, 0.6) is 0 Å². The van der Waals surface area contributed by atoms with Crippen molar-refractivity contribution in [2.45, 2.75) is 64.0 Å². The molecule has 0 heterocycles. The lowest BCUT2D eigenvalue weighted by molar-refractivity contribution is -0.137. The number of alkyl halides is 3. The number of halogens is 3. The number of rotatable bonds is 3. The zero-order valence-electron chi connectivity index (χ0n) is 15.9. The predicted molar refractivity (Wildman–Crippen MR) is 104 cm³/mol. The van der Waals surface area contributed by atoms with Gasteiger partial charge >= 0.3 is 6.18 Å². The molecule has 3 heteroatoms. The van der Waals surface area contributed by atoms with Gasteiger partial charge in [-0.3, -0.25) is 0 Å². The molecule has 0 radical (unpaired) electrons. The Morgan fingerprint density at radius 2 is 1.67 bits per heavy atom. The van der Waals surface area contributed by atoms with Gasteiger partial charge in [-0.25, -0.2) is 0 Å². The quantitative estimate of drug-likeness (QED) is 0.520. The van der Waals surface area contributed by atoms with Crippen LogP contribution in [-0.2, 0) is 12.6 Å². The van der Waals surface area contributed by atoms with E-state index in [2.05, 4.69) is 25.1 Å². The first-order valence-corrected chi connectivity index (χ1v) is 10.3. The lowest BCUT2D eigenvalue weighted by Gasteiger charge is -2.40. The van der Waals surface area contributed by atoms with E-state index in [1.807, 2.05) is 0 Å². The third kappa shape index (κ3) is 3.79. The first-order chi connectivity index (χ1) is 13.0. The van der Waals surface area contributed by atoms with Gasteiger partial charge in [-0.2, -0.15) is 13.2 Å². The van der Waals surface area contributed by atoms with Gasteiger partial charge in [0.2, 0.25) is 0 Å². The average molecular weight is 372 g/mol. The molecule has 0 bridgehead atoms. The Kier molecular flexibility index (Phi) is 5.05. The fourth-order valence-electron chi connectivity index (χ4n) is 5.32. The van der Waals surface area contributed by atoms with Gasteiger partial charge in [0.1, 0.15) is 0 Å². The Bertz CT molecular complexity index is 788. The van der Waals surface area contributed by atoms with Crippen LogP contribution in [0.4, 0.5) is 13.2 Å². The van der Waals surface area contributed by atoms with E-state index in [4.69, 9.17) is 0 Å². The highest BCUT2D eigenvalue weighted by molar-refractivity contribution is 5.65. The predicted octanol–water partition coefficient (Wildman–Crippen LogP) is 7.62. The summed E-state index contributed by atoms with van der Waals surface area (Å²) in [7, 11) is 0. The molecular weight excluding hydrogens is 345 g/mol. The van der Waals surface area contributed by atoms with Crippen molar-refractivity contribution in [2.75, 3.05) is 0 Å². The van der Waals surface area contributed by atoms with E-state index >= 15 is 0 Å². The SMILES string of the molecule is CCCC1CCC2c3ccc(-c4ccc(C(F)(F)F)cc4)cc3CCC2C1. The summed E-state index contributed by atoms with van der Waals surface area (Å²) in [5, 5.41) is 0. The highest BCUT2D eigenvalue weighted by atomic mass is 19.4. The van der Waals surface area contributed by atoms with E-state index in [1.165, 1.54) is 61.8 Å². The molecule has 0 amide bonds. The minimum atomic E-state index is -4.28. The maximum atomic E-state index is 12.8. The lowest BCUT2D eigenvalue weighted by atomic mass is 9.64. The molecule has 4 rings (SSSR count). The minimum absolute atomic E-state index is 0.587. The van der Waals surface area contributed by atoms with E-state index in [0.29, 0.717) is 5.92 Å². The van der Waals surface area contributed by atoms with E-state index < -0.39 is 11.7 Å². The number of hydrogen-bond donors (Lipinski definition) is 0. The van der Waals surface area contributed by atoms with Crippen LogP contribution < -0.4 is 0 Å². The van der Waals surface area contributed by atoms with Crippen LogP contribution in [0.1, 0.15) is 68.1 Å². The zero-order chi connectivity index (χ0) is 19.0. The molecule has 0 aromatic heterocycles. The standard InChI is InChI=1S/C24H27F3/c1-2-3-16-4-12-22-19(14-16)5-6-20-15-18(9-13-23(20)22)17-7-10-21(11-8-17)24(25,26)27/h7-11,13,15-16,19,22H,2-6,12,14H2,1H3. The fraction of sp³-hybridized carbons (Fsp3) is 0.500. The molecule has 0 nitrogen and oxygen atoms in total. The third-order valence-corrected chi connectivity index (χ3v) is 6.66. The molecule has 1 saturated carbocycles. The van der Waals surface area contributed by atoms with Gasteiger partial charge in [-0.05, 0) is 84.2 Å². The molecule has 144 valence electrons. The highest BCUT2D eigenvalue weighted by Crippen LogP contribution is 2.48. The maximum Gasteiger partial charge on any atom is 0.416 e. The Balaban J connectivity index is 1.55. The van der Waals surface area contributed by atoms with E-state index in [-0.39, 0.29) is 0 Å². The van der Waals surface area contributed by atoms with Gasteiger partial charge in [0.05, 0.1) is 5.56 Å². The summed E-state index contributed by atoms with van der Waals surface area (Å²) < 4.78 is 38.3. The van der Waals surface area contributed by atoms with Gasteiger partial charge in [0.15, 0.2) is 0 Å². The first kappa shape index (κ1) is 18.6. The van der Waals surface area contributed by atoms with Gasteiger partial charge in [0, 0.05) is 0 Å². The number of fused-ring (bicyclic) bond motifs is 3. The summed E-state index contributed by atoms with van der Waals surface area (Å²) in [5.74, 6) is 2.41. The monoisotopic (exact) mass is 372 g/mol. The van der Waals surface area contributed by atoms with Gasteiger partial charge in [0.25, 0.3) is 0 Å². The molecule has 2 aliphatic carbocycles. The summed E-state index contributed by atoms with van der Waals surface area (Å²) in [6.45, 7) is 2.28. The van der Waals surface area contributed by atoms with Crippen LogP contribution in [0.25, 0.3) is 11.1 Å². The van der Waals surface area contributed by atoms with Crippen LogP contribution in [0.15, 0.2) is 42.5 Å². The van der Waals surface area contributed by atoms with Gasteiger partial charge in [-0.15, -0.1) is 0 Å². The number of aryl methyl sites for hydroxylation is 1. The van der Waals surface area contributed by atoms with Gasteiger partial charge in [-0.1, -0.05) is 50.1 Å². The molecule has 0 N–H and O–H groups in total. The molecule has 1 fully saturated rings. The number of benzene rings is 2. The largest absolute Gasteiger partial charge is 0.416 e. The summed E-state index contributed by atoms with van der Waals surface area (Å²) in [6.07, 6.45) is 4.74. The molecule has 3 atom stereocenters. The third-order valence-electron chi connectivity index (χ3n) is 6.66. The second-order valence-electron chi connectivity index (χ2n) is 8.36. The van der Waals surface area contributed by atoms with Crippen LogP contribution in [-0.4, -0.2) is 0 Å². The van der Waals surface area contributed by atoms with Crippen molar-refractivity contribution in [3.63, 3.8) is 0 Å². The van der Waals surface area contributed by atoms with Crippen molar-refractivity contribution in [1.82, 2.24) is 0 Å². The second-order valence-corrected chi connectivity index (χ2v) is 8.36. The highest BCUT2D eigenvalue weighted by Gasteiger charge is 2.35. The smallest absolute Gasteiger partial charge is 0.166 e. The van der Waals surface area contributed by atoms with Crippen molar-refractivity contribution < 1.29 is 13.2 Å². The molecule has 0 saturated heterocycles. The first-order valence-electron chi connectivity index (χ1n) is 10.3. The normalized spacial score (nSPS) is 25.0. The lowest BCUT2D eigenvalue weighted by Crippen LogP contribution is -2.28. The van der Waals surface area contributed by atoms with Crippen molar-refractivity contribution in [3.8, 4) is 11.1 Å². The minimum Gasteiger partial charge on any atom is -0.166 e. The summed E-state index contributed by atoms with van der Waals surface area (Å²) in [4.78, 5) is 0. The van der Waals surface area contributed by atoms with Crippen LogP contribution in [0, 0.1) is 11.8 Å². The fourth-order valence-corrected chi connectivity index (χ4v) is 5.32. The van der Waals surface area contributed by atoms with Crippen molar-refractivity contribution >= 4 is 0 Å². The molecule has 2 aromatic rings. The topological polar surface area (TPSA) is 0 Å². The molecule has 27 heavy (non-hydrogen) atoms. The maximum absolute atomic E-state index is 12.8. The van der Waals surface area contributed by atoms with Crippen molar-refractivity contribution in [2.24, 2.45) is 11.8 Å². The van der Waals surface area contributed by atoms with E-state index in [9.17, 15) is 13.2 Å². The molecular formula is C24H27F3. The summed E-state index contributed by atoms with van der Waals surface area (Å²) in [6, 6.07) is 12.1. The van der Waals surface area contributed by atoms with E-state index in [1.54, 1.807) is 12.1 Å². The molecule has 0 spiro atoms. The summed E-state index contributed by atoms with van der Waals surface area (Å²) in [5.41, 5.74) is 4.20.